The Morgan fingerprint density at radius 1 is 1.38 bits per heavy atom. The number of benzene rings is 1. The van der Waals surface area contributed by atoms with E-state index in [9.17, 15) is 4.79 Å². The van der Waals surface area contributed by atoms with Crippen molar-refractivity contribution in [1.29, 1.82) is 0 Å². The molecule has 0 N–H and O–H groups in total. The van der Waals surface area contributed by atoms with Crippen LogP contribution in [0.15, 0.2) is 47.4 Å². The highest BCUT2D eigenvalue weighted by molar-refractivity contribution is 7.07. The Balaban J connectivity index is 1.80. The van der Waals surface area contributed by atoms with Crippen molar-refractivity contribution >= 4 is 28.3 Å². The highest BCUT2D eigenvalue weighted by atomic mass is 32.1. The summed E-state index contributed by atoms with van der Waals surface area (Å²) in [5.74, 6) is 0.0874. The molecule has 1 unspecified atom stereocenters. The number of hydrogen-bond donors (Lipinski definition) is 0. The van der Waals surface area contributed by atoms with E-state index in [1.165, 1.54) is 5.56 Å². The molecule has 0 saturated heterocycles. The van der Waals surface area contributed by atoms with Crippen molar-refractivity contribution < 1.29 is 4.79 Å². The van der Waals surface area contributed by atoms with Crippen molar-refractivity contribution in [1.82, 2.24) is 14.5 Å². The van der Waals surface area contributed by atoms with Crippen molar-refractivity contribution in [3.63, 3.8) is 0 Å². The number of amides is 1. The minimum Gasteiger partial charge on any atom is -0.340 e. The molecule has 1 aromatic carbocycles. The molecule has 3 rings (SSSR count). The number of carbonyl (C=O) groups is 1. The molecule has 0 aliphatic rings. The van der Waals surface area contributed by atoms with Crippen LogP contribution < -0.4 is 0 Å². The highest BCUT2D eigenvalue weighted by Crippen LogP contribution is 2.19. The standard InChI is InChI=1S/C16H17N3OS/c1-12(16(20)18(2)9-13-7-8-21-10-13)19-11-17-14-5-3-4-6-15(14)19/h3-8,10-12H,9H2,1-2H3. The van der Waals surface area contributed by atoms with Gasteiger partial charge in [0.25, 0.3) is 0 Å². The van der Waals surface area contributed by atoms with E-state index in [2.05, 4.69) is 10.4 Å². The lowest BCUT2D eigenvalue weighted by atomic mass is 10.2. The van der Waals surface area contributed by atoms with Crippen molar-refractivity contribution in [2.24, 2.45) is 0 Å². The second-order valence-electron chi connectivity index (χ2n) is 5.14. The molecule has 0 radical (unpaired) electrons. The van der Waals surface area contributed by atoms with Gasteiger partial charge in [-0.3, -0.25) is 4.79 Å². The molecule has 1 atom stereocenters. The lowest BCUT2D eigenvalue weighted by Gasteiger charge is -2.22. The summed E-state index contributed by atoms with van der Waals surface area (Å²) in [5.41, 5.74) is 3.07. The highest BCUT2D eigenvalue weighted by Gasteiger charge is 2.20. The first-order valence-corrected chi connectivity index (χ1v) is 7.78. The van der Waals surface area contributed by atoms with Crippen LogP contribution in [0.2, 0.25) is 0 Å². The van der Waals surface area contributed by atoms with Crippen LogP contribution in [0, 0.1) is 0 Å². The third-order valence-corrected chi connectivity index (χ3v) is 4.36. The molecule has 2 heterocycles. The van der Waals surface area contributed by atoms with Gasteiger partial charge in [0.15, 0.2) is 0 Å². The summed E-state index contributed by atoms with van der Waals surface area (Å²) in [6.45, 7) is 2.56. The van der Waals surface area contributed by atoms with Gasteiger partial charge in [-0.05, 0) is 41.4 Å². The summed E-state index contributed by atoms with van der Waals surface area (Å²) < 4.78 is 1.93. The van der Waals surface area contributed by atoms with E-state index >= 15 is 0 Å². The third-order valence-electron chi connectivity index (χ3n) is 3.63. The first-order valence-electron chi connectivity index (χ1n) is 6.84. The molecule has 0 spiro atoms. The number of para-hydroxylation sites is 2. The molecule has 0 aliphatic carbocycles. The number of aromatic nitrogens is 2. The Hall–Kier alpha value is -2.14. The lowest BCUT2D eigenvalue weighted by Crippen LogP contribution is -2.32. The van der Waals surface area contributed by atoms with Gasteiger partial charge >= 0.3 is 0 Å². The zero-order valence-corrected chi connectivity index (χ0v) is 12.9. The quantitative estimate of drug-likeness (QED) is 0.741. The van der Waals surface area contributed by atoms with Crippen LogP contribution in [-0.2, 0) is 11.3 Å². The van der Waals surface area contributed by atoms with E-state index in [1.54, 1.807) is 22.6 Å². The molecule has 0 bridgehead atoms. The third kappa shape index (κ3) is 2.69. The number of rotatable bonds is 4. The maximum absolute atomic E-state index is 12.6. The molecule has 108 valence electrons. The van der Waals surface area contributed by atoms with Crippen LogP contribution in [0.5, 0.6) is 0 Å². The fourth-order valence-electron chi connectivity index (χ4n) is 2.46. The Labute approximate surface area is 127 Å². The zero-order chi connectivity index (χ0) is 14.8. The van der Waals surface area contributed by atoms with Gasteiger partial charge in [0, 0.05) is 13.6 Å². The van der Waals surface area contributed by atoms with E-state index in [4.69, 9.17) is 0 Å². The topological polar surface area (TPSA) is 38.1 Å². The number of nitrogens with zero attached hydrogens (tertiary/aromatic N) is 3. The van der Waals surface area contributed by atoms with Crippen LogP contribution in [0.25, 0.3) is 11.0 Å². The number of imidazole rings is 1. The van der Waals surface area contributed by atoms with Crippen LogP contribution in [0.3, 0.4) is 0 Å². The summed E-state index contributed by atoms with van der Waals surface area (Å²) in [6.07, 6.45) is 1.74. The van der Waals surface area contributed by atoms with Crippen LogP contribution >= 0.6 is 11.3 Å². The van der Waals surface area contributed by atoms with Gasteiger partial charge in [0.2, 0.25) is 5.91 Å². The Morgan fingerprint density at radius 2 is 2.19 bits per heavy atom. The molecular formula is C16H17N3OS. The summed E-state index contributed by atoms with van der Waals surface area (Å²) in [5, 5.41) is 4.10. The fraction of sp³-hybridized carbons (Fsp3) is 0.250. The average molecular weight is 299 g/mol. The van der Waals surface area contributed by atoms with Crippen molar-refractivity contribution in [2.45, 2.75) is 19.5 Å². The van der Waals surface area contributed by atoms with E-state index in [0.29, 0.717) is 6.54 Å². The minimum atomic E-state index is -0.263. The number of thiophene rings is 1. The maximum Gasteiger partial charge on any atom is 0.245 e. The Morgan fingerprint density at radius 3 is 2.95 bits per heavy atom. The van der Waals surface area contributed by atoms with Gasteiger partial charge in [0.1, 0.15) is 6.04 Å². The summed E-state index contributed by atoms with van der Waals surface area (Å²) in [4.78, 5) is 18.7. The maximum atomic E-state index is 12.6. The van der Waals surface area contributed by atoms with Crippen LogP contribution in [0.4, 0.5) is 0 Å². The molecule has 0 aliphatic heterocycles. The largest absolute Gasteiger partial charge is 0.340 e. The Bertz CT molecular complexity index is 748. The average Bonchev–Trinajstić information content (AvgIpc) is 3.14. The first kappa shape index (κ1) is 13.8. The molecule has 5 heteroatoms. The summed E-state index contributed by atoms with van der Waals surface area (Å²) >= 11 is 1.65. The predicted molar refractivity (Wildman–Crippen MR) is 85.2 cm³/mol. The number of hydrogen-bond acceptors (Lipinski definition) is 3. The molecule has 0 saturated carbocycles. The van der Waals surface area contributed by atoms with E-state index in [1.807, 2.05) is 54.3 Å². The van der Waals surface area contributed by atoms with Crippen molar-refractivity contribution in [3.8, 4) is 0 Å². The molecule has 4 nitrogen and oxygen atoms in total. The SMILES string of the molecule is CC(C(=O)N(C)Cc1ccsc1)n1cnc2ccccc21. The summed E-state index contributed by atoms with van der Waals surface area (Å²) in [7, 11) is 1.84. The van der Waals surface area contributed by atoms with Gasteiger partial charge in [-0.2, -0.15) is 11.3 Å². The molecule has 21 heavy (non-hydrogen) atoms. The van der Waals surface area contributed by atoms with Gasteiger partial charge in [-0.25, -0.2) is 4.98 Å². The summed E-state index contributed by atoms with van der Waals surface area (Å²) in [6, 6.07) is 9.65. The van der Waals surface area contributed by atoms with E-state index in [0.717, 1.165) is 11.0 Å². The van der Waals surface area contributed by atoms with Crippen LogP contribution in [-0.4, -0.2) is 27.4 Å². The zero-order valence-electron chi connectivity index (χ0n) is 12.1. The molecule has 2 aromatic heterocycles. The minimum absolute atomic E-state index is 0.0874. The van der Waals surface area contributed by atoms with Gasteiger partial charge < -0.3 is 9.47 Å². The van der Waals surface area contributed by atoms with Crippen LogP contribution in [0.1, 0.15) is 18.5 Å². The van der Waals surface area contributed by atoms with E-state index in [-0.39, 0.29) is 11.9 Å². The molecule has 1 amide bonds. The molecule has 0 fully saturated rings. The lowest BCUT2D eigenvalue weighted by molar-refractivity contribution is -0.133. The first-order chi connectivity index (χ1) is 10.2. The normalized spacial score (nSPS) is 12.5. The van der Waals surface area contributed by atoms with Gasteiger partial charge in [0.05, 0.1) is 17.4 Å². The predicted octanol–water partition coefficient (Wildman–Crippen LogP) is 3.32. The smallest absolute Gasteiger partial charge is 0.245 e. The second-order valence-corrected chi connectivity index (χ2v) is 5.92. The fourth-order valence-corrected chi connectivity index (χ4v) is 3.12. The molecule has 3 aromatic rings. The number of fused-ring (bicyclic) bond motifs is 1. The van der Waals surface area contributed by atoms with E-state index < -0.39 is 0 Å². The second kappa shape index (κ2) is 5.69. The number of carbonyl (C=O) groups excluding carboxylic acids is 1. The number of likely N-dealkylation sites (N-methyl/N-ethyl adjacent to an activating group) is 1. The van der Waals surface area contributed by atoms with Crippen molar-refractivity contribution in [3.05, 3.63) is 53.0 Å². The van der Waals surface area contributed by atoms with Gasteiger partial charge in [-0.1, -0.05) is 12.1 Å². The monoisotopic (exact) mass is 299 g/mol. The van der Waals surface area contributed by atoms with Gasteiger partial charge in [-0.15, -0.1) is 0 Å². The molecular weight excluding hydrogens is 282 g/mol. The van der Waals surface area contributed by atoms with Crippen molar-refractivity contribution in [2.75, 3.05) is 7.05 Å². The Kier molecular flexibility index (Phi) is 3.75.